The zero-order chi connectivity index (χ0) is 13.0. The third-order valence-electron chi connectivity index (χ3n) is 2.18. The lowest BCUT2D eigenvalue weighted by molar-refractivity contribution is -0.139. The van der Waals surface area contributed by atoms with Crippen molar-refractivity contribution in [1.82, 2.24) is 0 Å². The highest BCUT2D eigenvalue weighted by atomic mass is 16.5. The van der Waals surface area contributed by atoms with Gasteiger partial charge in [-0.2, -0.15) is 0 Å². The van der Waals surface area contributed by atoms with Crippen LogP contribution in [0.15, 0.2) is 18.2 Å². The van der Waals surface area contributed by atoms with Crippen LogP contribution in [0.25, 0.3) is 0 Å². The summed E-state index contributed by atoms with van der Waals surface area (Å²) < 4.78 is 4.44. The van der Waals surface area contributed by atoms with E-state index in [1.165, 1.54) is 18.2 Å². The van der Waals surface area contributed by atoms with Gasteiger partial charge < -0.3 is 20.1 Å². The molecule has 0 unspecified atom stereocenters. The highest BCUT2D eigenvalue weighted by molar-refractivity contribution is 5.92. The molecule has 0 fully saturated rings. The number of phenols is 1. The lowest BCUT2D eigenvalue weighted by Crippen LogP contribution is -2.08. The molecule has 17 heavy (non-hydrogen) atoms. The van der Waals surface area contributed by atoms with Gasteiger partial charge in [0.1, 0.15) is 11.3 Å². The topological polar surface area (TPSA) is 104 Å². The van der Waals surface area contributed by atoms with Crippen LogP contribution in [-0.2, 0) is 9.53 Å². The molecule has 0 amide bonds. The van der Waals surface area contributed by atoms with Gasteiger partial charge in [-0.25, -0.2) is 4.79 Å². The van der Waals surface area contributed by atoms with E-state index < -0.39 is 24.5 Å². The van der Waals surface area contributed by atoms with Crippen LogP contribution in [0.3, 0.4) is 0 Å². The number of hydrogen-bond acceptors (Lipinski definition) is 5. The minimum atomic E-state index is -1.24. The number of carbonyl (C=O) groups is 2. The van der Waals surface area contributed by atoms with Crippen molar-refractivity contribution >= 4 is 11.9 Å². The van der Waals surface area contributed by atoms with Crippen LogP contribution in [0, 0.1) is 0 Å². The Hall–Kier alpha value is -2.08. The largest absolute Gasteiger partial charge is 0.507 e. The van der Waals surface area contributed by atoms with Crippen molar-refractivity contribution in [2.75, 3.05) is 7.11 Å². The molecule has 0 bridgehead atoms. The molecule has 0 aliphatic carbocycles. The van der Waals surface area contributed by atoms with Gasteiger partial charge in [-0.3, -0.25) is 4.79 Å². The van der Waals surface area contributed by atoms with Gasteiger partial charge in [0, 0.05) is 0 Å². The van der Waals surface area contributed by atoms with Crippen LogP contribution >= 0.6 is 0 Å². The summed E-state index contributed by atoms with van der Waals surface area (Å²) in [6, 6.07) is 3.75. The van der Waals surface area contributed by atoms with Crippen molar-refractivity contribution in [3.05, 3.63) is 29.3 Å². The van der Waals surface area contributed by atoms with E-state index in [0.29, 0.717) is 0 Å². The molecule has 6 heteroatoms. The lowest BCUT2D eigenvalue weighted by Gasteiger charge is -2.10. The van der Waals surface area contributed by atoms with Crippen LogP contribution in [0.2, 0.25) is 0 Å². The number of hydrogen-bond donors (Lipinski definition) is 3. The Morgan fingerprint density at radius 3 is 2.59 bits per heavy atom. The Balaban J connectivity index is 3.03. The Bertz CT molecular complexity index is 440. The van der Waals surface area contributed by atoms with Crippen molar-refractivity contribution in [3.63, 3.8) is 0 Å². The average molecular weight is 240 g/mol. The van der Waals surface area contributed by atoms with Crippen molar-refractivity contribution in [3.8, 4) is 5.75 Å². The van der Waals surface area contributed by atoms with Gasteiger partial charge in [-0.1, -0.05) is 6.07 Å². The molecule has 0 aliphatic rings. The molecule has 1 aromatic carbocycles. The fourth-order valence-corrected chi connectivity index (χ4v) is 1.32. The summed E-state index contributed by atoms with van der Waals surface area (Å²) in [6.45, 7) is 0. The molecule has 1 atom stereocenters. The van der Waals surface area contributed by atoms with Crippen LogP contribution in [-0.4, -0.2) is 34.4 Å². The zero-order valence-corrected chi connectivity index (χ0v) is 9.08. The van der Waals surface area contributed by atoms with Gasteiger partial charge in [-0.15, -0.1) is 0 Å². The molecule has 6 nitrogen and oxygen atoms in total. The van der Waals surface area contributed by atoms with E-state index in [4.69, 9.17) is 5.11 Å². The number of aromatic hydroxyl groups is 1. The molecular weight excluding hydrogens is 228 g/mol. The molecule has 0 aromatic heterocycles. The van der Waals surface area contributed by atoms with E-state index in [1.54, 1.807) is 0 Å². The zero-order valence-electron chi connectivity index (χ0n) is 9.08. The van der Waals surface area contributed by atoms with Crippen molar-refractivity contribution in [1.29, 1.82) is 0 Å². The van der Waals surface area contributed by atoms with E-state index in [9.17, 15) is 19.8 Å². The van der Waals surface area contributed by atoms with Gasteiger partial charge in [0.05, 0.1) is 19.6 Å². The Labute approximate surface area is 97.1 Å². The highest BCUT2D eigenvalue weighted by Crippen LogP contribution is 2.24. The van der Waals surface area contributed by atoms with Gasteiger partial charge in [0.15, 0.2) is 0 Å². The monoisotopic (exact) mass is 240 g/mol. The maximum atomic E-state index is 11.3. The number of carboxylic acid groups (broad SMARTS) is 1. The Morgan fingerprint density at radius 2 is 2.06 bits per heavy atom. The van der Waals surface area contributed by atoms with Crippen LogP contribution in [0.1, 0.15) is 28.4 Å². The molecule has 0 heterocycles. The Kier molecular flexibility index (Phi) is 4.06. The molecule has 92 valence electrons. The van der Waals surface area contributed by atoms with E-state index >= 15 is 0 Å². The fourth-order valence-electron chi connectivity index (χ4n) is 1.32. The third-order valence-corrected chi connectivity index (χ3v) is 2.18. The van der Waals surface area contributed by atoms with Crippen molar-refractivity contribution < 1.29 is 29.6 Å². The molecule has 0 saturated heterocycles. The first-order chi connectivity index (χ1) is 7.95. The number of carboxylic acids is 1. The number of aliphatic hydroxyl groups excluding tert-OH is 1. The number of esters is 1. The summed E-state index contributed by atoms with van der Waals surface area (Å²) in [6.07, 6.45) is -1.72. The number of ether oxygens (including phenoxy) is 1. The van der Waals surface area contributed by atoms with Crippen molar-refractivity contribution in [2.45, 2.75) is 12.5 Å². The van der Waals surface area contributed by atoms with Crippen LogP contribution in [0.5, 0.6) is 5.75 Å². The molecule has 0 radical (unpaired) electrons. The second kappa shape index (κ2) is 5.31. The first-order valence-corrected chi connectivity index (χ1v) is 4.76. The number of methoxy groups -OCH3 is 1. The first-order valence-electron chi connectivity index (χ1n) is 4.76. The van der Waals surface area contributed by atoms with E-state index in [0.717, 1.165) is 7.11 Å². The maximum absolute atomic E-state index is 11.3. The molecule has 0 saturated carbocycles. The number of aliphatic hydroxyl groups is 1. The number of aliphatic carboxylic acids is 1. The molecule has 0 aliphatic heterocycles. The summed E-state index contributed by atoms with van der Waals surface area (Å²) in [7, 11) is 1.15. The summed E-state index contributed by atoms with van der Waals surface area (Å²) >= 11 is 0. The van der Waals surface area contributed by atoms with E-state index in [1.807, 2.05) is 0 Å². The van der Waals surface area contributed by atoms with Gasteiger partial charge in [0.25, 0.3) is 0 Å². The van der Waals surface area contributed by atoms with Gasteiger partial charge in [0.2, 0.25) is 0 Å². The molecule has 3 N–H and O–H groups in total. The summed E-state index contributed by atoms with van der Waals surface area (Å²) in [5, 5.41) is 27.5. The lowest BCUT2D eigenvalue weighted by atomic mass is 10.0. The normalized spacial score (nSPS) is 11.9. The predicted molar refractivity (Wildman–Crippen MR) is 56.7 cm³/mol. The summed E-state index contributed by atoms with van der Waals surface area (Å²) in [5.41, 5.74) is 0.111. The molecule has 1 aromatic rings. The standard InChI is InChI=1S/C11H12O6/c1-17-11(16)7-4-6(2-3-8(7)12)9(13)5-10(14)15/h2-4,9,12-13H,5H2,1H3,(H,14,15)/t9-/m1/s1. The minimum absolute atomic E-state index is 0.116. The SMILES string of the molecule is COC(=O)c1cc([C@H](O)CC(=O)O)ccc1O. The third kappa shape index (κ3) is 3.18. The number of carbonyl (C=O) groups excluding carboxylic acids is 1. The predicted octanol–water partition coefficient (Wildman–Crippen LogP) is 0.687. The quantitative estimate of drug-likeness (QED) is 0.669. The maximum Gasteiger partial charge on any atom is 0.341 e. The number of phenolic OH excluding ortho intramolecular Hbond substituents is 1. The van der Waals surface area contributed by atoms with E-state index in [-0.39, 0.29) is 16.9 Å². The van der Waals surface area contributed by atoms with Gasteiger partial charge >= 0.3 is 11.9 Å². The smallest absolute Gasteiger partial charge is 0.341 e. The summed E-state index contributed by atoms with van der Waals surface area (Å²) in [5.74, 6) is -2.21. The molecular formula is C11H12O6. The molecule has 1 rings (SSSR count). The minimum Gasteiger partial charge on any atom is -0.507 e. The van der Waals surface area contributed by atoms with Crippen LogP contribution < -0.4 is 0 Å². The fraction of sp³-hybridized carbons (Fsp3) is 0.273. The highest BCUT2D eigenvalue weighted by Gasteiger charge is 2.17. The molecule has 0 spiro atoms. The number of rotatable bonds is 4. The summed E-state index contributed by atoms with van der Waals surface area (Å²) in [4.78, 5) is 21.7. The Morgan fingerprint density at radius 1 is 1.41 bits per heavy atom. The number of benzene rings is 1. The van der Waals surface area contributed by atoms with E-state index in [2.05, 4.69) is 4.74 Å². The van der Waals surface area contributed by atoms with Crippen LogP contribution in [0.4, 0.5) is 0 Å². The average Bonchev–Trinajstić information content (AvgIpc) is 2.27. The second-order valence-corrected chi connectivity index (χ2v) is 3.38. The van der Waals surface area contributed by atoms with Gasteiger partial charge in [-0.05, 0) is 17.7 Å². The second-order valence-electron chi connectivity index (χ2n) is 3.38. The van der Waals surface area contributed by atoms with Crippen molar-refractivity contribution in [2.24, 2.45) is 0 Å². The first kappa shape index (κ1) is 13.0.